The number of carbonyl (C=O) groups is 2. The Morgan fingerprint density at radius 3 is 2.73 bits per heavy atom. The summed E-state index contributed by atoms with van der Waals surface area (Å²) in [4.78, 5) is 24.9. The summed E-state index contributed by atoms with van der Waals surface area (Å²) in [5.74, 6) is -0.857. The van der Waals surface area contributed by atoms with Gasteiger partial charge < -0.3 is 10.1 Å². The quantitative estimate of drug-likeness (QED) is 0.655. The molecule has 6 nitrogen and oxygen atoms in total. The van der Waals surface area contributed by atoms with Crippen molar-refractivity contribution in [2.75, 3.05) is 13.2 Å². The van der Waals surface area contributed by atoms with Crippen molar-refractivity contribution in [1.82, 2.24) is 10.7 Å². The third kappa shape index (κ3) is 3.06. The van der Waals surface area contributed by atoms with Crippen molar-refractivity contribution < 1.29 is 14.3 Å². The van der Waals surface area contributed by atoms with Crippen LogP contribution in [-0.4, -0.2) is 30.7 Å². The summed E-state index contributed by atoms with van der Waals surface area (Å²) in [5.41, 5.74) is 5.19. The Balaban J connectivity index is 1.54. The molecule has 2 unspecified atom stereocenters. The summed E-state index contributed by atoms with van der Waals surface area (Å²) in [5, 5.41) is 7.07. The fourth-order valence-corrected chi connectivity index (χ4v) is 3.46. The normalized spacial score (nSPS) is 23.1. The second-order valence-corrected chi connectivity index (χ2v) is 6.37. The lowest BCUT2D eigenvalue weighted by Gasteiger charge is -2.19. The van der Waals surface area contributed by atoms with Crippen LogP contribution in [0.4, 0.5) is 0 Å². The van der Waals surface area contributed by atoms with Gasteiger partial charge in [-0.05, 0) is 17.7 Å². The number of hydrogen-bond donors (Lipinski definition) is 2. The van der Waals surface area contributed by atoms with E-state index < -0.39 is 5.92 Å². The van der Waals surface area contributed by atoms with E-state index in [9.17, 15) is 9.59 Å². The fourth-order valence-electron chi connectivity index (χ4n) is 3.46. The maximum Gasteiger partial charge on any atom is 0.253 e. The number of ether oxygens (including phenoxy) is 1. The molecule has 2 aliphatic heterocycles. The van der Waals surface area contributed by atoms with Crippen LogP contribution in [-0.2, 0) is 9.59 Å². The molecule has 2 aliphatic rings. The highest BCUT2D eigenvalue weighted by atomic mass is 16.5. The molecule has 2 aromatic carbocycles. The highest BCUT2D eigenvalue weighted by Gasteiger charge is 2.41. The van der Waals surface area contributed by atoms with Gasteiger partial charge in [0.1, 0.15) is 11.7 Å². The van der Waals surface area contributed by atoms with Crippen LogP contribution in [0.15, 0.2) is 59.7 Å². The zero-order valence-electron chi connectivity index (χ0n) is 14.1. The molecule has 2 heterocycles. The molecule has 0 bridgehead atoms. The number of hydrogen-bond acceptors (Lipinski definition) is 4. The molecule has 6 heteroatoms. The molecule has 26 heavy (non-hydrogen) atoms. The standard InChI is InChI=1S/C20H19N3O3/c24-19-18(15(12-21-19)13-6-2-1-3-7-13)20(25)23-22-16-10-11-26-17-9-5-4-8-14(16)17/h1-9,15,18H,10-12H2,(H,21,24)(H,23,25)/b22-16-. The van der Waals surface area contributed by atoms with Crippen LogP contribution in [0.2, 0.25) is 0 Å². The molecule has 2 N–H and O–H groups in total. The van der Waals surface area contributed by atoms with Crippen molar-refractivity contribution in [1.29, 1.82) is 0 Å². The van der Waals surface area contributed by atoms with E-state index in [1.165, 1.54) is 0 Å². The molecular formula is C20H19N3O3. The number of fused-ring (bicyclic) bond motifs is 1. The van der Waals surface area contributed by atoms with Crippen LogP contribution < -0.4 is 15.5 Å². The predicted octanol–water partition coefficient (Wildman–Crippen LogP) is 1.82. The van der Waals surface area contributed by atoms with Crippen molar-refractivity contribution >= 4 is 17.5 Å². The molecule has 1 saturated heterocycles. The summed E-state index contributed by atoms with van der Waals surface area (Å²) in [6, 6.07) is 17.2. The van der Waals surface area contributed by atoms with Gasteiger partial charge in [0.25, 0.3) is 5.91 Å². The average Bonchev–Trinajstić information content (AvgIpc) is 3.08. The summed E-state index contributed by atoms with van der Waals surface area (Å²) in [7, 11) is 0. The van der Waals surface area contributed by atoms with Crippen LogP contribution in [0.25, 0.3) is 0 Å². The van der Waals surface area contributed by atoms with E-state index in [4.69, 9.17) is 4.74 Å². The number of benzene rings is 2. The Kier molecular flexibility index (Phi) is 4.39. The van der Waals surface area contributed by atoms with E-state index in [0.717, 1.165) is 22.6 Å². The number of nitrogens with zero attached hydrogens (tertiary/aromatic N) is 1. The first kappa shape index (κ1) is 16.3. The largest absolute Gasteiger partial charge is 0.492 e. The maximum atomic E-state index is 12.7. The van der Waals surface area contributed by atoms with E-state index >= 15 is 0 Å². The van der Waals surface area contributed by atoms with Gasteiger partial charge in [0.15, 0.2) is 0 Å². The number of hydrazone groups is 1. The first-order valence-electron chi connectivity index (χ1n) is 8.65. The maximum absolute atomic E-state index is 12.7. The fraction of sp³-hybridized carbons (Fsp3) is 0.250. The minimum atomic E-state index is -0.781. The minimum Gasteiger partial charge on any atom is -0.492 e. The Morgan fingerprint density at radius 1 is 1.12 bits per heavy atom. The zero-order chi connectivity index (χ0) is 17.9. The van der Waals surface area contributed by atoms with E-state index in [0.29, 0.717) is 19.6 Å². The molecule has 0 aliphatic carbocycles. The first-order valence-corrected chi connectivity index (χ1v) is 8.65. The van der Waals surface area contributed by atoms with Crippen LogP contribution >= 0.6 is 0 Å². The van der Waals surface area contributed by atoms with Gasteiger partial charge in [-0.25, -0.2) is 5.43 Å². The van der Waals surface area contributed by atoms with Crippen LogP contribution in [0.1, 0.15) is 23.5 Å². The molecule has 0 saturated carbocycles. The summed E-state index contributed by atoms with van der Waals surface area (Å²) < 4.78 is 5.59. The van der Waals surface area contributed by atoms with Gasteiger partial charge in [-0.3, -0.25) is 9.59 Å². The number of para-hydroxylation sites is 1. The zero-order valence-corrected chi connectivity index (χ0v) is 14.1. The lowest BCUT2D eigenvalue weighted by atomic mass is 9.88. The van der Waals surface area contributed by atoms with Gasteiger partial charge in [0, 0.05) is 24.4 Å². The minimum absolute atomic E-state index is 0.189. The molecule has 0 radical (unpaired) electrons. The lowest BCUT2D eigenvalue weighted by molar-refractivity contribution is -0.133. The van der Waals surface area contributed by atoms with Crippen LogP contribution in [0.5, 0.6) is 5.75 Å². The van der Waals surface area contributed by atoms with E-state index in [-0.39, 0.29) is 17.7 Å². The predicted molar refractivity (Wildman–Crippen MR) is 96.9 cm³/mol. The highest BCUT2D eigenvalue weighted by Crippen LogP contribution is 2.29. The smallest absolute Gasteiger partial charge is 0.253 e. The topological polar surface area (TPSA) is 79.8 Å². The highest BCUT2D eigenvalue weighted by molar-refractivity contribution is 6.06. The van der Waals surface area contributed by atoms with Gasteiger partial charge >= 0.3 is 0 Å². The van der Waals surface area contributed by atoms with Crippen LogP contribution in [0.3, 0.4) is 0 Å². The molecule has 2 amide bonds. The molecule has 0 spiro atoms. The SMILES string of the molecule is O=C1NCC(c2ccccc2)C1C(=O)N/N=C1/CCOc2ccccc21. The number of amides is 2. The van der Waals surface area contributed by atoms with Gasteiger partial charge in [-0.15, -0.1) is 0 Å². The van der Waals surface area contributed by atoms with Gasteiger partial charge in [-0.1, -0.05) is 42.5 Å². The van der Waals surface area contributed by atoms with E-state index in [1.807, 2.05) is 54.6 Å². The average molecular weight is 349 g/mol. The van der Waals surface area contributed by atoms with Crippen molar-refractivity contribution in [2.24, 2.45) is 11.0 Å². The van der Waals surface area contributed by atoms with Crippen molar-refractivity contribution in [2.45, 2.75) is 12.3 Å². The van der Waals surface area contributed by atoms with Gasteiger partial charge in [0.2, 0.25) is 5.91 Å². The number of carbonyl (C=O) groups excluding carboxylic acids is 2. The molecular weight excluding hydrogens is 330 g/mol. The summed E-state index contributed by atoms with van der Waals surface area (Å²) in [6.07, 6.45) is 0.607. The van der Waals surface area contributed by atoms with Gasteiger partial charge in [0.05, 0.1) is 12.3 Å². The Hall–Kier alpha value is -3.15. The third-order valence-corrected chi connectivity index (χ3v) is 4.79. The molecule has 0 aromatic heterocycles. The van der Waals surface area contributed by atoms with E-state index in [1.54, 1.807) is 0 Å². The molecule has 132 valence electrons. The second kappa shape index (κ2) is 7.00. The molecule has 4 rings (SSSR count). The molecule has 2 aromatic rings. The van der Waals surface area contributed by atoms with Crippen molar-refractivity contribution in [3.63, 3.8) is 0 Å². The van der Waals surface area contributed by atoms with Crippen molar-refractivity contribution in [3.8, 4) is 5.75 Å². The molecule has 2 atom stereocenters. The van der Waals surface area contributed by atoms with E-state index in [2.05, 4.69) is 15.8 Å². The number of nitrogens with one attached hydrogen (secondary N) is 2. The Bertz CT molecular complexity index is 864. The Labute approximate surface area is 151 Å². The lowest BCUT2D eigenvalue weighted by Crippen LogP contribution is -2.35. The molecule has 1 fully saturated rings. The monoisotopic (exact) mass is 349 g/mol. The van der Waals surface area contributed by atoms with Crippen LogP contribution in [0, 0.1) is 5.92 Å². The summed E-state index contributed by atoms with van der Waals surface area (Å²) in [6.45, 7) is 0.969. The van der Waals surface area contributed by atoms with Gasteiger partial charge in [-0.2, -0.15) is 5.10 Å². The second-order valence-electron chi connectivity index (χ2n) is 6.37. The van der Waals surface area contributed by atoms with Crippen molar-refractivity contribution in [3.05, 3.63) is 65.7 Å². The number of rotatable bonds is 3. The summed E-state index contributed by atoms with van der Waals surface area (Å²) >= 11 is 0. The first-order chi connectivity index (χ1) is 12.7. The third-order valence-electron chi connectivity index (χ3n) is 4.79. The Morgan fingerprint density at radius 2 is 1.88 bits per heavy atom.